The second-order valence-electron chi connectivity index (χ2n) is 4.80. The van der Waals surface area contributed by atoms with Crippen molar-refractivity contribution < 1.29 is 4.79 Å². The highest BCUT2D eigenvalue weighted by Gasteiger charge is 2.18. The Hall–Kier alpha value is -0.870. The van der Waals surface area contributed by atoms with Gasteiger partial charge in [0.25, 0.3) is 0 Å². The average molecular weight is 252 g/mol. The number of hydrogen-bond donors (Lipinski definition) is 1. The van der Waals surface area contributed by atoms with E-state index in [1.165, 1.54) is 12.8 Å². The topological polar surface area (TPSA) is 32.3 Å². The largest absolute Gasteiger partial charge is 0.345 e. The van der Waals surface area contributed by atoms with E-state index < -0.39 is 0 Å². The minimum Gasteiger partial charge on any atom is -0.345 e. The predicted octanol–water partition coefficient (Wildman–Crippen LogP) is 1.75. The van der Waals surface area contributed by atoms with E-state index in [1.54, 1.807) is 11.3 Å². The van der Waals surface area contributed by atoms with Gasteiger partial charge in [-0.1, -0.05) is 0 Å². The molecule has 1 aromatic heterocycles. The van der Waals surface area contributed by atoms with Gasteiger partial charge >= 0.3 is 0 Å². The van der Waals surface area contributed by atoms with Crippen molar-refractivity contribution >= 4 is 17.2 Å². The summed E-state index contributed by atoms with van der Waals surface area (Å²) in [6, 6.07) is 2.03. The summed E-state index contributed by atoms with van der Waals surface area (Å²) in [5, 5.41) is 7.46. The van der Waals surface area contributed by atoms with E-state index in [2.05, 4.69) is 5.32 Å². The van der Waals surface area contributed by atoms with Crippen LogP contribution in [0.5, 0.6) is 0 Å². The van der Waals surface area contributed by atoms with Gasteiger partial charge in [-0.05, 0) is 54.2 Å². The molecule has 4 heteroatoms. The van der Waals surface area contributed by atoms with Crippen molar-refractivity contribution in [3.05, 3.63) is 22.4 Å². The average Bonchev–Trinajstić information content (AvgIpc) is 2.83. The summed E-state index contributed by atoms with van der Waals surface area (Å²) in [4.78, 5) is 13.9. The Balaban J connectivity index is 1.78. The third-order valence-electron chi connectivity index (χ3n) is 3.29. The standard InChI is InChI=1S/C13H20N2OS/c1-15(9-12-3-2-5-14-8-12)13(16)7-11-4-6-17-10-11/h4,6,10,12,14H,2-3,5,7-9H2,1H3/t12-/m1/s1. The van der Waals surface area contributed by atoms with Gasteiger partial charge in [0, 0.05) is 13.6 Å². The highest BCUT2D eigenvalue weighted by Crippen LogP contribution is 2.12. The second-order valence-corrected chi connectivity index (χ2v) is 5.58. The molecule has 2 heterocycles. The highest BCUT2D eigenvalue weighted by molar-refractivity contribution is 7.07. The van der Waals surface area contributed by atoms with Crippen LogP contribution in [0.2, 0.25) is 0 Å². The van der Waals surface area contributed by atoms with Crippen molar-refractivity contribution in [1.29, 1.82) is 0 Å². The summed E-state index contributed by atoms with van der Waals surface area (Å²) in [6.07, 6.45) is 3.01. The number of thiophene rings is 1. The lowest BCUT2D eigenvalue weighted by Gasteiger charge is -2.27. The van der Waals surface area contributed by atoms with E-state index in [9.17, 15) is 4.79 Å². The first-order chi connectivity index (χ1) is 8.25. The van der Waals surface area contributed by atoms with Gasteiger partial charge in [-0.3, -0.25) is 4.79 Å². The monoisotopic (exact) mass is 252 g/mol. The van der Waals surface area contributed by atoms with Crippen LogP contribution >= 0.6 is 11.3 Å². The summed E-state index contributed by atoms with van der Waals surface area (Å²) in [5.74, 6) is 0.856. The van der Waals surface area contributed by atoms with E-state index in [0.29, 0.717) is 12.3 Å². The van der Waals surface area contributed by atoms with Crippen LogP contribution in [0.3, 0.4) is 0 Å². The Morgan fingerprint density at radius 1 is 1.65 bits per heavy atom. The summed E-state index contributed by atoms with van der Waals surface area (Å²) in [7, 11) is 1.92. The molecule has 0 aromatic carbocycles. The van der Waals surface area contributed by atoms with Gasteiger partial charge in [0.2, 0.25) is 5.91 Å². The van der Waals surface area contributed by atoms with Crippen molar-refractivity contribution in [2.45, 2.75) is 19.3 Å². The normalized spacial score (nSPS) is 20.2. The van der Waals surface area contributed by atoms with Crippen molar-refractivity contribution in [2.24, 2.45) is 5.92 Å². The lowest BCUT2D eigenvalue weighted by molar-refractivity contribution is -0.129. The van der Waals surface area contributed by atoms with E-state index in [1.807, 2.05) is 28.8 Å². The summed E-state index contributed by atoms with van der Waals surface area (Å²) in [6.45, 7) is 3.06. The molecule has 3 nitrogen and oxygen atoms in total. The Morgan fingerprint density at radius 2 is 2.53 bits per heavy atom. The molecule has 1 saturated heterocycles. The molecule has 0 spiro atoms. The quantitative estimate of drug-likeness (QED) is 0.885. The van der Waals surface area contributed by atoms with Crippen LogP contribution in [0, 0.1) is 5.92 Å². The number of hydrogen-bond acceptors (Lipinski definition) is 3. The van der Waals surface area contributed by atoms with Crippen molar-refractivity contribution in [1.82, 2.24) is 10.2 Å². The zero-order valence-electron chi connectivity index (χ0n) is 10.3. The Kier molecular flexibility index (Phi) is 4.57. The molecule has 0 unspecified atom stereocenters. The number of piperidine rings is 1. The minimum atomic E-state index is 0.231. The predicted molar refractivity (Wildman–Crippen MR) is 71.3 cm³/mol. The number of carbonyl (C=O) groups excluding carboxylic acids is 1. The third kappa shape index (κ3) is 3.82. The first kappa shape index (κ1) is 12.6. The number of amides is 1. The third-order valence-corrected chi connectivity index (χ3v) is 4.02. The Morgan fingerprint density at radius 3 is 3.18 bits per heavy atom. The number of nitrogens with one attached hydrogen (secondary N) is 1. The maximum absolute atomic E-state index is 12.0. The van der Waals surface area contributed by atoms with E-state index >= 15 is 0 Å². The molecule has 0 aliphatic carbocycles. The molecule has 17 heavy (non-hydrogen) atoms. The van der Waals surface area contributed by atoms with Crippen LogP contribution in [-0.4, -0.2) is 37.5 Å². The fourth-order valence-electron chi connectivity index (χ4n) is 2.27. The molecule has 1 fully saturated rings. The Bertz CT molecular complexity index is 344. The van der Waals surface area contributed by atoms with E-state index in [4.69, 9.17) is 0 Å². The van der Waals surface area contributed by atoms with Crippen LogP contribution in [0.25, 0.3) is 0 Å². The van der Waals surface area contributed by atoms with Crippen molar-refractivity contribution in [2.75, 3.05) is 26.7 Å². The maximum Gasteiger partial charge on any atom is 0.226 e. The first-order valence-electron chi connectivity index (χ1n) is 6.21. The van der Waals surface area contributed by atoms with E-state index in [-0.39, 0.29) is 5.91 Å². The molecule has 1 aliphatic heterocycles. The van der Waals surface area contributed by atoms with Gasteiger partial charge in [-0.15, -0.1) is 0 Å². The summed E-state index contributed by atoms with van der Waals surface area (Å²) >= 11 is 1.65. The fraction of sp³-hybridized carbons (Fsp3) is 0.615. The van der Waals surface area contributed by atoms with Crippen LogP contribution in [0.4, 0.5) is 0 Å². The molecule has 1 aliphatic rings. The van der Waals surface area contributed by atoms with Crippen LogP contribution in [0.1, 0.15) is 18.4 Å². The van der Waals surface area contributed by atoms with Gasteiger partial charge in [-0.2, -0.15) is 11.3 Å². The highest BCUT2D eigenvalue weighted by atomic mass is 32.1. The van der Waals surface area contributed by atoms with Gasteiger partial charge in [0.1, 0.15) is 0 Å². The molecule has 2 rings (SSSR count). The van der Waals surface area contributed by atoms with Crippen molar-refractivity contribution in [3.63, 3.8) is 0 Å². The lowest BCUT2D eigenvalue weighted by atomic mass is 9.99. The van der Waals surface area contributed by atoms with E-state index in [0.717, 1.165) is 25.2 Å². The molecule has 1 aromatic rings. The second kappa shape index (κ2) is 6.17. The first-order valence-corrected chi connectivity index (χ1v) is 7.16. The van der Waals surface area contributed by atoms with Crippen LogP contribution < -0.4 is 5.32 Å². The van der Waals surface area contributed by atoms with Gasteiger partial charge < -0.3 is 10.2 Å². The fourth-order valence-corrected chi connectivity index (χ4v) is 2.94. The zero-order chi connectivity index (χ0) is 12.1. The van der Waals surface area contributed by atoms with Gasteiger partial charge in [0.15, 0.2) is 0 Å². The molecule has 94 valence electrons. The minimum absolute atomic E-state index is 0.231. The molecule has 1 N–H and O–H groups in total. The lowest BCUT2D eigenvalue weighted by Crippen LogP contribution is -2.39. The molecular formula is C13H20N2OS. The molecule has 0 radical (unpaired) electrons. The Labute approximate surface area is 107 Å². The summed E-state index contributed by atoms with van der Waals surface area (Å²) in [5.41, 5.74) is 1.13. The number of rotatable bonds is 4. The van der Waals surface area contributed by atoms with Gasteiger partial charge in [0.05, 0.1) is 6.42 Å². The van der Waals surface area contributed by atoms with Crippen LogP contribution in [-0.2, 0) is 11.2 Å². The number of likely N-dealkylation sites (N-methyl/N-ethyl adjacent to an activating group) is 1. The smallest absolute Gasteiger partial charge is 0.226 e. The zero-order valence-corrected chi connectivity index (χ0v) is 11.1. The molecule has 1 amide bonds. The van der Waals surface area contributed by atoms with Crippen LogP contribution in [0.15, 0.2) is 16.8 Å². The van der Waals surface area contributed by atoms with Gasteiger partial charge in [-0.25, -0.2) is 0 Å². The number of nitrogens with zero attached hydrogens (tertiary/aromatic N) is 1. The molecule has 1 atom stereocenters. The SMILES string of the molecule is CN(C[C@@H]1CCCNC1)C(=O)Cc1ccsc1. The maximum atomic E-state index is 12.0. The summed E-state index contributed by atoms with van der Waals surface area (Å²) < 4.78 is 0. The number of carbonyl (C=O) groups is 1. The molecular weight excluding hydrogens is 232 g/mol. The molecule has 0 saturated carbocycles. The molecule has 0 bridgehead atoms. The van der Waals surface area contributed by atoms with Crippen molar-refractivity contribution in [3.8, 4) is 0 Å².